The minimum absolute atomic E-state index is 0.0115. The second-order valence-electron chi connectivity index (χ2n) is 8.97. The van der Waals surface area contributed by atoms with Crippen molar-refractivity contribution in [2.75, 3.05) is 19.7 Å². The van der Waals surface area contributed by atoms with E-state index in [0.29, 0.717) is 18.1 Å². The third-order valence-electron chi connectivity index (χ3n) is 6.23. The van der Waals surface area contributed by atoms with Gasteiger partial charge in [-0.25, -0.2) is 0 Å². The van der Waals surface area contributed by atoms with Gasteiger partial charge in [0.25, 0.3) is 5.91 Å². The van der Waals surface area contributed by atoms with Crippen molar-refractivity contribution in [1.29, 1.82) is 5.26 Å². The second kappa shape index (κ2) is 13.5. The van der Waals surface area contributed by atoms with Crippen LogP contribution in [0.4, 0.5) is 0 Å². The molecule has 1 heterocycles. The van der Waals surface area contributed by atoms with Gasteiger partial charge in [-0.1, -0.05) is 70.7 Å². The Bertz CT molecular complexity index is 1420. The standard InChI is InChI=1S/C29H24Cl4N2O5/c30-19-12-13-23(22(33)16-19)38-17-26(39-24-10-4-2-8-20(24)31)27(36)29(18-34,28(37)35-14-6-1-7-15-35)40-25-11-5-3-9-21(25)32/h2-5,8-13,16,26H,1,6-7,14-15,17H2. The lowest BCUT2D eigenvalue weighted by atomic mass is 9.92. The van der Waals surface area contributed by atoms with Crippen LogP contribution in [0.3, 0.4) is 0 Å². The molecule has 0 aliphatic carbocycles. The fourth-order valence-corrected chi connectivity index (χ4v) is 5.00. The fourth-order valence-electron chi connectivity index (χ4n) is 4.18. The first-order valence-corrected chi connectivity index (χ1v) is 13.9. The summed E-state index contributed by atoms with van der Waals surface area (Å²) in [6.07, 6.45) is 0.857. The summed E-state index contributed by atoms with van der Waals surface area (Å²) >= 11 is 24.9. The molecular weight excluding hydrogens is 598 g/mol. The van der Waals surface area contributed by atoms with Gasteiger partial charge in [0.2, 0.25) is 5.78 Å². The number of halogens is 4. The Labute approximate surface area is 252 Å². The van der Waals surface area contributed by atoms with Crippen LogP contribution in [0.25, 0.3) is 0 Å². The van der Waals surface area contributed by atoms with Gasteiger partial charge in [0.05, 0.1) is 15.1 Å². The minimum Gasteiger partial charge on any atom is -0.488 e. The van der Waals surface area contributed by atoms with Crippen LogP contribution in [0.1, 0.15) is 19.3 Å². The van der Waals surface area contributed by atoms with Gasteiger partial charge in [-0.05, 0) is 61.7 Å². The average Bonchev–Trinajstić information content (AvgIpc) is 2.96. The van der Waals surface area contributed by atoms with Gasteiger partial charge in [0.1, 0.15) is 29.9 Å². The fraction of sp³-hybridized carbons (Fsp3) is 0.276. The number of para-hydroxylation sites is 2. The van der Waals surface area contributed by atoms with Crippen LogP contribution in [-0.4, -0.2) is 48.0 Å². The van der Waals surface area contributed by atoms with E-state index in [1.165, 1.54) is 29.2 Å². The summed E-state index contributed by atoms with van der Waals surface area (Å²) in [5, 5.41) is 11.4. The number of benzene rings is 3. The lowest BCUT2D eigenvalue weighted by Crippen LogP contribution is -2.62. The zero-order valence-corrected chi connectivity index (χ0v) is 24.1. The summed E-state index contributed by atoms with van der Waals surface area (Å²) in [5.74, 6) is -1.46. The summed E-state index contributed by atoms with van der Waals surface area (Å²) in [6.45, 7) is 0.302. The van der Waals surface area contributed by atoms with Gasteiger partial charge in [-0.3, -0.25) is 9.59 Å². The zero-order valence-electron chi connectivity index (χ0n) is 21.1. The molecular formula is C29H24Cl4N2O5. The van der Waals surface area contributed by atoms with Crippen molar-refractivity contribution < 1.29 is 23.8 Å². The molecule has 1 amide bonds. The van der Waals surface area contributed by atoms with Gasteiger partial charge >= 0.3 is 5.60 Å². The summed E-state index contributed by atoms with van der Waals surface area (Å²) < 4.78 is 17.8. The third kappa shape index (κ3) is 6.76. The van der Waals surface area contributed by atoms with E-state index in [4.69, 9.17) is 60.6 Å². The van der Waals surface area contributed by atoms with Gasteiger partial charge in [0.15, 0.2) is 6.10 Å². The molecule has 1 saturated heterocycles. The Kier molecular flexibility index (Phi) is 10.0. The van der Waals surface area contributed by atoms with E-state index in [2.05, 4.69) is 0 Å². The first-order chi connectivity index (χ1) is 19.2. The van der Waals surface area contributed by atoms with Crippen LogP contribution in [0.5, 0.6) is 17.2 Å². The van der Waals surface area contributed by atoms with E-state index in [1.807, 2.05) is 6.07 Å². The number of piperidine rings is 1. The van der Waals surface area contributed by atoms with E-state index in [1.54, 1.807) is 42.5 Å². The second-order valence-corrected chi connectivity index (χ2v) is 10.6. The number of carbonyl (C=O) groups excluding carboxylic acids is 2. The molecule has 208 valence electrons. The van der Waals surface area contributed by atoms with Crippen LogP contribution in [0.2, 0.25) is 20.1 Å². The topological polar surface area (TPSA) is 88.9 Å². The highest BCUT2D eigenvalue weighted by Crippen LogP contribution is 2.33. The van der Waals surface area contributed by atoms with Crippen molar-refractivity contribution in [1.82, 2.24) is 4.90 Å². The number of nitrogens with zero attached hydrogens (tertiary/aromatic N) is 2. The van der Waals surface area contributed by atoms with Crippen molar-refractivity contribution in [2.24, 2.45) is 0 Å². The number of amides is 1. The Morgan fingerprint density at radius 1 is 0.850 bits per heavy atom. The lowest BCUT2D eigenvalue weighted by molar-refractivity contribution is -0.156. The molecule has 0 radical (unpaired) electrons. The molecule has 2 atom stereocenters. The van der Waals surface area contributed by atoms with Crippen LogP contribution in [-0.2, 0) is 9.59 Å². The predicted octanol–water partition coefficient (Wildman–Crippen LogP) is 7.05. The van der Waals surface area contributed by atoms with Crippen molar-refractivity contribution in [3.8, 4) is 23.3 Å². The highest BCUT2D eigenvalue weighted by atomic mass is 35.5. The molecule has 0 saturated carbocycles. The molecule has 1 aliphatic heterocycles. The minimum atomic E-state index is -2.64. The highest BCUT2D eigenvalue weighted by molar-refractivity contribution is 6.35. The van der Waals surface area contributed by atoms with Crippen LogP contribution >= 0.6 is 46.4 Å². The van der Waals surface area contributed by atoms with E-state index < -0.39 is 30.0 Å². The van der Waals surface area contributed by atoms with Crippen molar-refractivity contribution >= 4 is 58.1 Å². The number of likely N-dealkylation sites (tertiary alicyclic amines) is 1. The van der Waals surface area contributed by atoms with Gasteiger partial charge in [0, 0.05) is 18.1 Å². The van der Waals surface area contributed by atoms with Gasteiger partial charge in [-0.15, -0.1) is 0 Å². The number of hydrogen-bond donors (Lipinski definition) is 0. The first kappa shape index (κ1) is 29.8. The highest BCUT2D eigenvalue weighted by Gasteiger charge is 2.55. The molecule has 40 heavy (non-hydrogen) atoms. The van der Waals surface area contributed by atoms with E-state index >= 15 is 0 Å². The number of hydrogen-bond acceptors (Lipinski definition) is 6. The molecule has 7 nitrogen and oxygen atoms in total. The smallest absolute Gasteiger partial charge is 0.334 e. The average molecular weight is 622 g/mol. The molecule has 4 rings (SSSR count). The van der Waals surface area contributed by atoms with E-state index in [-0.39, 0.29) is 32.3 Å². The maximum absolute atomic E-state index is 14.3. The largest absolute Gasteiger partial charge is 0.488 e. The van der Waals surface area contributed by atoms with Crippen LogP contribution < -0.4 is 14.2 Å². The number of rotatable bonds is 10. The molecule has 0 spiro atoms. The quantitative estimate of drug-likeness (QED) is 0.225. The lowest BCUT2D eigenvalue weighted by Gasteiger charge is -2.35. The summed E-state index contributed by atoms with van der Waals surface area (Å²) in [5.41, 5.74) is -2.64. The number of nitriles is 1. The SMILES string of the molecule is N#CC(Oc1ccccc1Cl)(C(=O)C(COc1ccc(Cl)cc1Cl)Oc1ccccc1Cl)C(=O)N1CCCCC1. The van der Waals surface area contributed by atoms with Crippen LogP contribution in [0.15, 0.2) is 66.7 Å². The van der Waals surface area contributed by atoms with Crippen molar-refractivity contribution in [3.63, 3.8) is 0 Å². The third-order valence-corrected chi connectivity index (χ3v) is 7.39. The summed E-state index contributed by atoms with van der Waals surface area (Å²) in [6, 6.07) is 19.2. The number of ketones is 1. The molecule has 3 aromatic carbocycles. The zero-order chi connectivity index (χ0) is 28.7. The van der Waals surface area contributed by atoms with Crippen molar-refractivity contribution in [3.05, 3.63) is 86.8 Å². The van der Waals surface area contributed by atoms with Gasteiger partial charge in [-0.2, -0.15) is 5.26 Å². The maximum atomic E-state index is 14.3. The summed E-state index contributed by atoms with van der Waals surface area (Å²) in [4.78, 5) is 29.7. The van der Waals surface area contributed by atoms with Crippen molar-refractivity contribution in [2.45, 2.75) is 31.0 Å². The Morgan fingerprint density at radius 2 is 1.48 bits per heavy atom. The molecule has 11 heteroatoms. The van der Waals surface area contributed by atoms with E-state index in [9.17, 15) is 14.9 Å². The molecule has 1 fully saturated rings. The number of ether oxygens (including phenoxy) is 3. The molecule has 0 aromatic heterocycles. The molecule has 0 bridgehead atoms. The molecule has 0 N–H and O–H groups in total. The normalized spacial score (nSPS) is 15.3. The Balaban J connectivity index is 1.76. The monoisotopic (exact) mass is 620 g/mol. The van der Waals surface area contributed by atoms with Gasteiger partial charge < -0.3 is 19.1 Å². The number of Topliss-reactive ketones (excluding diaryl/α,β-unsaturated/α-hetero) is 1. The molecule has 3 aromatic rings. The first-order valence-electron chi connectivity index (χ1n) is 12.4. The predicted molar refractivity (Wildman–Crippen MR) is 154 cm³/mol. The molecule has 1 aliphatic rings. The summed E-state index contributed by atoms with van der Waals surface area (Å²) in [7, 11) is 0. The Morgan fingerprint density at radius 3 is 2.08 bits per heavy atom. The Hall–Kier alpha value is -3.15. The van der Waals surface area contributed by atoms with E-state index in [0.717, 1.165) is 19.3 Å². The maximum Gasteiger partial charge on any atom is 0.334 e. The molecule has 2 unspecified atom stereocenters. The number of carbonyl (C=O) groups is 2. The van der Waals surface area contributed by atoms with Crippen LogP contribution in [0, 0.1) is 11.3 Å².